The minimum absolute atomic E-state index is 0.119. The number of benzene rings is 1. The van der Waals surface area contributed by atoms with Gasteiger partial charge in [0.2, 0.25) is 0 Å². The summed E-state index contributed by atoms with van der Waals surface area (Å²) in [6.07, 6.45) is 6.04. The maximum absolute atomic E-state index is 12.5. The van der Waals surface area contributed by atoms with Crippen molar-refractivity contribution in [1.82, 2.24) is 14.8 Å². The van der Waals surface area contributed by atoms with Crippen molar-refractivity contribution < 1.29 is 14.3 Å². The van der Waals surface area contributed by atoms with E-state index in [2.05, 4.69) is 20.7 Å². The highest BCUT2D eigenvalue weighted by Gasteiger charge is 2.22. The highest BCUT2D eigenvalue weighted by Crippen LogP contribution is 2.38. The van der Waals surface area contributed by atoms with Crippen molar-refractivity contribution in [2.24, 2.45) is 0 Å². The van der Waals surface area contributed by atoms with Crippen molar-refractivity contribution in [2.45, 2.75) is 32.9 Å². The molecule has 0 fully saturated rings. The molecule has 2 aromatic heterocycles. The second kappa shape index (κ2) is 8.22. The van der Waals surface area contributed by atoms with Gasteiger partial charge in [-0.15, -0.1) is 0 Å². The number of nitrogens with zero attached hydrogens (tertiary/aromatic N) is 3. The van der Waals surface area contributed by atoms with E-state index in [0.29, 0.717) is 30.3 Å². The number of nitrogens with one attached hydrogen (secondary N) is 2. The van der Waals surface area contributed by atoms with Gasteiger partial charge in [0.05, 0.1) is 36.4 Å². The fourth-order valence-corrected chi connectivity index (χ4v) is 3.27. The van der Waals surface area contributed by atoms with Crippen molar-refractivity contribution in [2.75, 3.05) is 17.2 Å². The Morgan fingerprint density at radius 2 is 2.24 bits per heavy atom. The molecule has 0 radical (unpaired) electrons. The van der Waals surface area contributed by atoms with Gasteiger partial charge in [0.1, 0.15) is 17.6 Å². The Kier molecular flexibility index (Phi) is 5.33. The normalized spacial score (nSPS) is 14.8. The maximum atomic E-state index is 12.5. The number of carbonyl (C=O) groups excluding carboxylic acids is 1. The first kappa shape index (κ1) is 18.8. The molecule has 1 unspecified atom stereocenters. The van der Waals surface area contributed by atoms with Gasteiger partial charge in [-0.25, -0.2) is 4.79 Å². The van der Waals surface area contributed by atoms with Gasteiger partial charge in [-0.1, -0.05) is 6.07 Å². The molecule has 4 rings (SSSR count). The van der Waals surface area contributed by atoms with Crippen LogP contribution < -0.4 is 20.1 Å². The molecular weight excluding hydrogens is 370 g/mol. The van der Waals surface area contributed by atoms with Crippen LogP contribution in [-0.4, -0.2) is 33.5 Å². The number of carbonyl (C=O) groups is 1. The fourth-order valence-electron chi connectivity index (χ4n) is 3.27. The van der Waals surface area contributed by atoms with Crippen LogP contribution >= 0.6 is 0 Å². The van der Waals surface area contributed by atoms with Gasteiger partial charge in [-0.2, -0.15) is 5.10 Å². The lowest BCUT2D eigenvalue weighted by Gasteiger charge is -2.13. The molecule has 8 heteroatoms. The molecule has 0 spiro atoms. The summed E-state index contributed by atoms with van der Waals surface area (Å²) in [6.45, 7) is 4.96. The maximum Gasteiger partial charge on any atom is 0.323 e. The molecular formula is C21H23N5O3. The summed E-state index contributed by atoms with van der Waals surface area (Å²) >= 11 is 0. The average Bonchev–Trinajstić information content (AvgIpc) is 3.28. The van der Waals surface area contributed by atoms with Crippen molar-refractivity contribution in [3.8, 4) is 11.5 Å². The topological polar surface area (TPSA) is 90.3 Å². The van der Waals surface area contributed by atoms with Crippen molar-refractivity contribution in [3.05, 3.63) is 60.2 Å². The van der Waals surface area contributed by atoms with E-state index in [0.717, 1.165) is 23.4 Å². The number of aromatic nitrogens is 3. The first-order valence-electron chi connectivity index (χ1n) is 9.57. The van der Waals surface area contributed by atoms with E-state index < -0.39 is 0 Å². The Hall–Kier alpha value is -3.55. The monoisotopic (exact) mass is 393 g/mol. The number of urea groups is 1. The van der Waals surface area contributed by atoms with Gasteiger partial charge < -0.3 is 20.1 Å². The van der Waals surface area contributed by atoms with Gasteiger partial charge in [-0.05, 0) is 32.0 Å². The highest BCUT2D eigenvalue weighted by atomic mass is 16.5. The average molecular weight is 393 g/mol. The lowest BCUT2D eigenvalue weighted by molar-refractivity contribution is 0.254. The molecule has 1 aliphatic rings. The molecule has 0 saturated heterocycles. The van der Waals surface area contributed by atoms with E-state index >= 15 is 0 Å². The summed E-state index contributed by atoms with van der Waals surface area (Å²) in [7, 11) is 0. The summed E-state index contributed by atoms with van der Waals surface area (Å²) in [5.41, 5.74) is 3.13. The Morgan fingerprint density at radius 1 is 1.34 bits per heavy atom. The molecule has 8 nitrogen and oxygen atoms in total. The second-order valence-electron chi connectivity index (χ2n) is 6.85. The molecule has 0 bridgehead atoms. The summed E-state index contributed by atoms with van der Waals surface area (Å²) in [4.78, 5) is 16.8. The first-order valence-corrected chi connectivity index (χ1v) is 9.57. The number of anilines is 2. The van der Waals surface area contributed by atoms with Gasteiger partial charge in [0, 0.05) is 30.4 Å². The zero-order chi connectivity index (χ0) is 20.2. The smallest absolute Gasteiger partial charge is 0.323 e. The Morgan fingerprint density at radius 3 is 3.03 bits per heavy atom. The van der Waals surface area contributed by atoms with Crippen LogP contribution in [0.5, 0.6) is 11.5 Å². The van der Waals surface area contributed by atoms with Gasteiger partial charge >= 0.3 is 6.03 Å². The van der Waals surface area contributed by atoms with Crippen molar-refractivity contribution in [1.29, 1.82) is 0 Å². The Labute approximate surface area is 168 Å². The highest BCUT2D eigenvalue weighted by molar-refractivity contribution is 6.00. The number of fused-ring (bicyclic) bond motifs is 1. The van der Waals surface area contributed by atoms with E-state index in [1.54, 1.807) is 23.3 Å². The van der Waals surface area contributed by atoms with E-state index in [1.807, 2.05) is 44.2 Å². The lowest BCUT2D eigenvalue weighted by atomic mass is 10.1. The van der Waals surface area contributed by atoms with Crippen LogP contribution in [0.25, 0.3) is 0 Å². The number of pyridine rings is 1. The van der Waals surface area contributed by atoms with Crippen LogP contribution in [0.1, 0.15) is 25.1 Å². The van der Waals surface area contributed by atoms with Crippen LogP contribution in [0.2, 0.25) is 0 Å². The molecule has 29 heavy (non-hydrogen) atoms. The molecule has 2 N–H and O–H groups in total. The summed E-state index contributed by atoms with van der Waals surface area (Å²) in [5, 5.41) is 9.90. The molecule has 0 saturated carbocycles. The third-order valence-electron chi connectivity index (χ3n) is 4.49. The van der Waals surface area contributed by atoms with E-state index in [1.165, 1.54) is 0 Å². The number of amides is 2. The van der Waals surface area contributed by atoms with Crippen molar-refractivity contribution in [3.63, 3.8) is 0 Å². The molecule has 2 amide bonds. The SMILES string of the molecule is CCOc1cc2c(cc1NC(=O)Nc1cnn(Cc3ccccn3)c1)OC(C)C2. The quantitative estimate of drug-likeness (QED) is 0.667. The molecule has 3 aromatic rings. The lowest BCUT2D eigenvalue weighted by Crippen LogP contribution is -2.19. The van der Waals surface area contributed by atoms with E-state index in [4.69, 9.17) is 9.47 Å². The third-order valence-corrected chi connectivity index (χ3v) is 4.49. The Bertz CT molecular complexity index is 1000. The van der Waals surface area contributed by atoms with Gasteiger partial charge in [-0.3, -0.25) is 9.67 Å². The van der Waals surface area contributed by atoms with E-state index in [-0.39, 0.29) is 12.1 Å². The first-order chi connectivity index (χ1) is 14.1. The third kappa shape index (κ3) is 4.48. The second-order valence-corrected chi connectivity index (χ2v) is 6.85. The minimum Gasteiger partial charge on any atom is -0.492 e. The van der Waals surface area contributed by atoms with Crippen molar-refractivity contribution >= 4 is 17.4 Å². The zero-order valence-corrected chi connectivity index (χ0v) is 16.4. The standard InChI is InChI=1S/C21H23N5O3/c1-3-28-20-9-15-8-14(2)29-19(15)10-18(20)25-21(27)24-17-11-23-26(13-17)12-16-6-4-5-7-22-16/h4-7,9-11,13-14H,3,8,12H2,1-2H3,(H2,24,25,27). The zero-order valence-electron chi connectivity index (χ0n) is 16.4. The van der Waals surface area contributed by atoms with Crippen LogP contribution in [-0.2, 0) is 13.0 Å². The molecule has 1 aliphatic heterocycles. The Balaban J connectivity index is 1.43. The largest absolute Gasteiger partial charge is 0.492 e. The molecule has 3 heterocycles. The minimum atomic E-state index is -0.380. The van der Waals surface area contributed by atoms with Crippen LogP contribution in [0, 0.1) is 0 Å². The summed E-state index contributed by atoms with van der Waals surface area (Å²) < 4.78 is 13.2. The number of rotatable bonds is 6. The predicted octanol–water partition coefficient (Wildman–Crippen LogP) is 3.69. The molecule has 1 atom stereocenters. The van der Waals surface area contributed by atoms with Crippen LogP contribution in [0.3, 0.4) is 0 Å². The number of hydrogen-bond donors (Lipinski definition) is 2. The molecule has 0 aliphatic carbocycles. The molecule has 1 aromatic carbocycles. The number of ether oxygens (including phenoxy) is 2. The predicted molar refractivity (Wildman–Crippen MR) is 110 cm³/mol. The van der Waals surface area contributed by atoms with Gasteiger partial charge in [0.25, 0.3) is 0 Å². The van der Waals surface area contributed by atoms with Gasteiger partial charge in [0.15, 0.2) is 0 Å². The number of hydrogen-bond acceptors (Lipinski definition) is 5. The summed E-state index contributed by atoms with van der Waals surface area (Å²) in [6, 6.07) is 9.08. The van der Waals surface area contributed by atoms with Crippen LogP contribution in [0.4, 0.5) is 16.2 Å². The molecule has 150 valence electrons. The fraction of sp³-hybridized carbons (Fsp3) is 0.286. The van der Waals surface area contributed by atoms with Crippen LogP contribution in [0.15, 0.2) is 48.9 Å². The summed E-state index contributed by atoms with van der Waals surface area (Å²) in [5.74, 6) is 1.41. The van der Waals surface area contributed by atoms with E-state index in [9.17, 15) is 4.79 Å².